The fourth-order valence-corrected chi connectivity index (χ4v) is 8.35. The molecule has 13 nitrogen and oxygen atoms in total. The molecule has 3 saturated heterocycles. The van der Waals surface area contributed by atoms with Gasteiger partial charge in [-0.25, -0.2) is 0 Å². The lowest BCUT2D eigenvalue weighted by Gasteiger charge is -2.47. The van der Waals surface area contributed by atoms with Gasteiger partial charge in [0.1, 0.15) is 29.7 Å². The number of aliphatic hydroxyl groups is 4. The minimum Gasteiger partial charge on any atom is -0.459 e. The smallest absolute Gasteiger partial charge is 0.311 e. The zero-order valence-electron chi connectivity index (χ0n) is 32.6. The predicted octanol–water partition coefficient (Wildman–Crippen LogP) is 2.67. The number of nitrogens with zero attached hydrogens (tertiary/aromatic N) is 1. The molecule has 0 radical (unpaired) electrons. The van der Waals surface area contributed by atoms with Crippen LogP contribution in [0.3, 0.4) is 0 Å². The van der Waals surface area contributed by atoms with Crippen molar-refractivity contribution in [3.05, 3.63) is 0 Å². The number of methoxy groups -OCH3 is 1. The Morgan fingerprint density at radius 3 is 2.06 bits per heavy atom. The van der Waals surface area contributed by atoms with Crippen LogP contribution in [-0.2, 0) is 38.0 Å². The maximum atomic E-state index is 14.1. The van der Waals surface area contributed by atoms with Gasteiger partial charge in [-0.3, -0.25) is 9.59 Å². The standard InChI is InChI=1S/C37H67NO12/c1-14-26-37(10,44)32(41)21(5)28(39)18(2)15-19(3)30(50-35-29(40)25(38(11)12)16-20(4)46-35)22(6)31(23(7)34(43)48-26)49-27-17-36(9,45-13)33(42)24(8)47-27/h18-27,29-33,35,40-42,44H,14-17H2,1-13H3/t18-,19+,20-,21+,22-,23-,24+,25+,26-,27+,29-,30+,31-,32-,33+,35+,36-,37-/m1/s1. The maximum absolute atomic E-state index is 14.1. The summed E-state index contributed by atoms with van der Waals surface area (Å²) in [7, 11) is 5.30. The van der Waals surface area contributed by atoms with E-state index in [9.17, 15) is 30.0 Å². The zero-order chi connectivity index (χ0) is 38.0. The lowest BCUT2D eigenvalue weighted by Crippen LogP contribution is -2.59. The number of ketones is 1. The highest BCUT2D eigenvalue weighted by molar-refractivity contribution is 5.83. The fourth-order valence-electron chi connectivity index (χ4n) is 8.35. The second-order valence-corrected chi connectivity index (χ2v) is 16.2. The summed E-state index contributed by atoms with van der Waals surface area (Å²) in [5, 5.41) is 45.2. The molecule has 0 aromatic heterocycles. The van der Waals surface area contributed by atoms with Crippen molar-refractivity contribution < 1.29 is 58.4 Å². The molecule has 4 N–H and O–H groups in total. The number of likely N-dealkylation sites (N-methyl/N-ethyl adjacent to an activating group) is 1. The van der Waals surface area contributed by atoms with E-state index in [1.807, 2.05) is 39.8 Å². The van der Waals surface area contributed by atoms with Gasteiger partial charge in [0.2, 0.25) is 0 Å². The van der Waals surface area contributed by atoms with E-state index in [4.69, 9.17) is 28.4 Å². The molecule has 0 aromatic carbocycles. The van der Waals surface area contributed by atoms with Crippen molar-refractivity contribution in [2.45, 2.75) is 174 Å². The van der Waals surface area contributed by atoms with E-state index in [-0.39, 0.29) is 36.7 Å². The number of carbonyl (C=O) groups excluding carboxylic acids is 2. The summed E-state index contributed by atoms with van der Waals surface area (Å²) in [6, 6.07) is -0.231. The molecule has 0 amide bonds. The Labute approximate surface area is 299 Å². The van der Waals surface area contributed by atoms with Crippen molar-refractivity contribution in [3.8, 4) is 0 Å². The second-order valence-electron chi connectivity index (χ2n) is 16.2. The van der Waals surface area contributed by atoms with Crippen LogP contribution in [0, 0.1) is 29.6 Å². The summed E-state index contributed by atoms with van der Waals surface area (Å²) in [4.78, 5) is 29.8. The summed E-state index contributed by atoms with van der Waals surface area (Å²) in [6.45, 7) is 17.4. The Morgan fingerprint density at radius 1 is 0.880 bits per heavy atom. The number of hydrogen-bond acceptors (Lipinski definition) is 13. The van der Waals surface area contributed by atoms with Crippen molar-refractivity contribution in [1.29, 1.82) is 0 Å². The minimum absolute atomic E-state index is 0.162. The Hall–Kier alpha value is -1.26. The molecule has 3 heterocycles. The molecule has 0 aromatic rings. The monoisotopic (exact) mass is 717 g/mol. The average Bonchev–Trinajstić information content (AvgIpc) is 3.05. The van der Waals surface area contributed by atoms with Crippen LogP contribution in [0.25, 0.3) is 0 Å². The fraction of sp³-hybridized carbons (Fsp3) is 0.946. The third kappa shape index (κ3) is 9.26. The lowest BCUT2D eigenvalue weighted by molar-refractivity contribution is -0.309. The van der Waals surface area contributed by atoms with Gasteiger partial charge in [-0.15, -0.1) is 0 Å². The molecule has 0 unspecified atom stereocenters. The highest BCUT2D eigenvalue weighted by Gasteiger charge is 2.51. The highest BCUT2D eigenvalue weighted by atomic mass is 16.7. The number of esters is 1. The molecular weight excluding hydrogens is 650 g/mol. The van der Waals surface area contributed by atoms with Gasteiger partial charge < -0.3 is 53.7 Å². The topological polar surface area (TPSA) is 174 Å². The normalized spacial score (nSPS) is 49.0. The van der Waals surface area contributed by atoms with Gasteiger partial charge in [0.05, 0.1) is 42.0 Å². The van der Waals surface area contributed by atoms with Gasteiger partial charge in [0, 0.05) is 37.3 Å². The number of aliphatic hydroxyl groups excluding tert-OH is 3. The molecule has 50 heavy (non-hydrogen) atoms. The van der Waals surface area contributed by atoms with Crippen molar-refractivity contribution in [2.24, 2.45) is 29.6 Å². The largest absolute Gasteiger partial charge is 0.459 e. The predicted molar refractivity (Wildman–Crippen MR) is 185 cm³/mol. The van der Waals surface area contributed by atoms with E-state index >= 15 is 0 Å². The number of rotatable bonds is 7. The third-order valence-corrected chi connectivity index (χ3v) is 11.8. The summed E-state index contributed by atoms with van der Waals surface area (Å²) in [5.74, 6) is -4.24. The van der Waals surface area contributed by atoms with Crippen LogP contribution in [0.2, 0.25) is 0 Å². The molecule has 18 atom stereocenters. The van der Waals surface area contributed by atoms with Crippen LogP contribution in [0.4, 0.5) is 0 Å². The number of cyclic esters (lactones) is 1. The number of Topliss-reactive ketones (excluding diaryl/α,β-unsaturated/α-hetero) is 1. The van der Waals surface area contributed by atoms with Crippen LogP contribution < -0.4 is 0 Å². The van der Waals surface area contributed by atoms with E-state index in [2.05, 4.69) is 0 Å². The van der Waals surface area contributed by atoms with Crippen LogP contribution in [-0.4, -0.2) is 137 Å². The number of carbonyl (C=O) groups is 2. The van der Waals surface area contributed by atoms with Crippen molar-refractivity contribution in [3.63, 3.8) is 0 Å². The zero-order valence-corrected chi connectivity index (χ0v) is 32.6. The Bertz CT molecular complexity index is 1120. The van der Waals surface area contributed by atoms with E-state index in [0.717, 1.165) is 0 Å². The van der Waals surface area contributed by atoms with Gasteiger partial charge in [-0.2, -0.15) is 0 Å². The minimum atomic E-state index is -1.92. The molecule has 3 aliphatic rings. The molecule has 0 aliphatic carbocycles. The first-order valence-corrected chi connectivity index (χ1v) is 18.4. The van der Waals surface area contributed by atoms with Crippen LogP contribution in [0.5, 0.6) is 0 Å². The van der Waals surface area contributed by atoms with Gasteiger partial charge in [-0.05, 0) is 73.9 Å². The van der Waals surface area contributed by atoms with E-state index < -0.39 is 96.2 Å². The first-order chi connectivity index (χ1) is 23.1. The van der Waals surface area contributed by atoms with Crippen molar-refractivity contribution in [1.82, 2.24) is 4.90 Å². The van der Waals surface area contributed by atoms with Gasteiger partial charge in [-0.1, -0.05) is 34.6 Å². The van der Waals surface area contributed by atoms with Gasteiger partial charge in [0.15, 0.2) is 12.6 Å². The van der Waals surface area contributed by atoms with Gasteiger partial charge in [0.25, 0.3) is 0 Å². The molecule has 3 aliphatic heterocycles. The molecule has 0 saturated carbocycles. The molecule has 3 rings (SSSR count). The SMILES string of the molecule is CC[C@H]1OC(=O)[C@H](C)[C@H](O[C@H]2C[C@@](C)(OC)[C@@H](O)[C@H](C)O2)[C@H](C)[C@@H](O[C@@H]2O[C@H](C)C[C@H](N(C)C)[C@H]2O)[C@@H](C)C[C@@H](C)C(=O)[C@H](C)[C@@H](O)[C@]1(C)O. The van der Waals surface area contributed by atoms with Crippen LogP contribution >= 0.6 is 0 Å². The Kier molecular flexibility index (Phi) is 14.9. The maximum Gasteiger partial charge on any atom is 0.311 e. The highest BCUT2D eigenvalue weighted by Crippen LogP contribution is 2.39. The first-order valence-electron chi connectivity index (χ1n) is 18.4. The summed E-state index contributed by atoms with van der Waals surface area (Å²) in [6.07, 6.45) is -7.62. The Morgan fingerprint density at radius 2 is 1.50 bits per heavy atom. The molecule has 0 bridgehead atoms. The summed E-state index contributed by atoms with van der Waals surface area (Å²) < 4.78 is 37.4. The second kappa shape index (κ2) is 17.3. The van der Waals surface area contributed by atoms with Gasteiger partial charge >= 0.3 is 5.97 Å². The molecule has 3 fully saturated rings. The molecule has 292 valence electrons. The van der Waals surface area contributed by atoms with Crippen LogP contribution in [0.15, 0.2) is 0 Å². The van der Waals surface area contributed by atoms with E-state index in [1.165, 1.54) is 14.0 Å². The molecular formula is C37H67NO12. The van der Waals surface area contributed by atoms with Crippen molar-refractivity contribution in [2.75, 3.05) is 21.2 Å². The third-order valence-electron chi connectivity index (χ3n) is 11.8. The quantitative estimate of drug-likeness (QED) is 0.284. The van der Waals surface area contributed by atoms with E-state index in [0.29, 0.717) is 12.8 Å². The average molecular weight is 718 g/mol. The number of ether oxygens (including phenoxy) is 6. The first kappa shape index (κ1) is 43.1. The molecule has 13 heteroatoms. The van der Waals surface area contributed by atoms with Crippen molar-refractivity contribution >= 4 is 11.8 Å². The molecule has 0 spiro atoms. The van der Waals surface area contributed by atoms with E-state index in [1.54, 1.807) is 41.5 Å². The summed E-state index contributed by atoms with van der Waals surface area (Å²) in [5.41, 5.74) is -2.92. The lowest BCUT2D eigenvalue weighted by atomic mass is 9.75. The Balaban J connectivity index is 2.13. The van der Waals surface area contributed by atoms with Crippen LogP contribution in [0.1, 0.15) is 94.9 Å². The summed E-state index contributed by atoms with van der Waals surface area (Å²) >= 11 is 0. The number of hydrogen-bond donors (Lipinski definition) is 4.